The van der Waals surface area contributed by atoms with Crippen molar-refractivity contribution in [2.45, 2.75) is 154 Å². The molecule has 0 aromatic heterocycles. The Morgan fingerprint density at radius 1 is 0.533 bits per heavy atom. The van der Waals surface area contributed by atoms with Gasteiger partial charge in [-0.05, 0) is 96.3 Å². The molecule has 0 heterocycles. The SMILES string of the molecule is CC/C=C\C/C=C\C/C=C\C/C=C\C/C=C\C/C=C\CCCCC(=O)NC(COP(=O)(O)OCC(O)COC(=O)CCCCCCC/C=C\C/C=C\C/C=C\CC)C(=O)O. The van der Waals surface area contributed by atoms with Gasteiger partial charge in [0.15, 0.2) is 6.04 Å². The van der Waals surface area contributed by atoms with E-state index in [0.29, 0.717) is 12.8 Å². The molecule has 0 fully saturated rings. The summed E-state index contributed by atoms with van der Waals surface area (Å²) < 4.78 is 26.8. The van der Waals surface area contributed by atoms with Gasteiger partial charge in [0.25, 0.3) is 0 Å². The molecule has 0 rings (SSSR count). The highest BCUT2D eigenvalue weighted by atomic mass is 31.2. The maximum atomic E-state index is 12.3. The van der Waals surface area contributed by atoms with Crippen molar-refractivity contribution in [3.05, 3.63) is 109 Å². The predicted molar refractivity (Wildman–Crippen MR) is 244 cm³/mol. The number of aliphatic carboxylic acids is 1. The van der Waals surface area contributed by atoms with Crippen LogP contribution in [0, 0.1) is 0 Å². The van der Waals surface area contributed by atoms with Crippen molar-refractivity contribution >= 4 is 25.7 Å². The average Bonchev–Trinajstić information content (AvgIpc) is 3.22. The molecule has 0 aromatic carbocycles. The highest BCUT2D eigenvalue weighted by Gasteiger charge is 2.28. The molecule has 1 amide bonds. The van der Waals surface area contributed by atoms with Crippen LogP contribution in [0.3, 0.4) is 0 Å². The van der Waals surface area contributed by atoms with Crippen LogP contribution in [0.15, 0.2) is 109 Å². The first kappa shape index (κ1) is 56.1. The van der Waals surface area contributed by atoms with Crippen LogP contribution in [-0.2, 0) is 32.7 Å². The molecule has 0 bridgehead atoms. The molecule has 0 aliphatic heterocycles. The van der Waals surface area contributed by atoms with E-state index in [0.717, 1.165) is 103 Å². The molecule has 4 N–H and O–H groups in total. The number of allylic oxidation sites excluding steroid dienone is 18. The number of rotatable bonds is 39. The fraction of sp³-hybridized carbons (Fsp3) is 0.562. The fourth-order valence-electron chi connectivity index (χ4n) is 5.21. The Bertz CT molecular complexity index is 1430. The van der Waals surface area contributed by atoms with E-state index in [1.54, 1.807) is 0 Å². The van der Waals surface area contributed by atoms with Crippen LogP contribution in [-0.4, -0.2) is 64.9 Å². The zero-order valence-electron chi connectivity index (χ0n) is 36.5. The van der Waals surface area contributed by atoms with Gasteiger partial charge in [0.05, 0.1) is 13.2 Å². The van der Waals surface area contributed by atoms with Crippen LogP contribution in [0.4, 0.5) is 0 Å². The molecule has 0 saturated carbocycles. The zero-order valence-corrected chi connectivity index (χ0v) is 37.4. The Morgan fingerprint density at radius 3 is 1.38 bits per heavy atom. The first-order valence-corrected chi connectivity index (χ1v) is 23.4. The lowest BCUT2D eigenvalue weighted by Gasteiger charge is -2.18. The number of hydrogen-bond acceptors (Lipinski definition) is 8. The van der Waals surface area contributed by atoms with Crippen LogP contribution >= 0.6 is 7.82 Å². The van der Waals surface area contributed by atoms with Crippen molar-refractivity contribution in [2.75, 3.05) is 19.8 Å². The monoisotopic (exact) mass is 858 g/mol. The summed E-state index contributed by atoms with van der Waals surface area (Å²) in [5.74, 6) is -2.47. The summed E-state index contributed by atoms with van der Waals surface area (Å²) in [4.78, 5) is 45.9. The number of hydrogen-bond donors (Lipinski definition) is 4. The van der Waals surface area contributed by atoms with E-state index in [4.69, 9.17) is 13.8 Å². The highest BCUT2D eigenvalue weighted by molar-refractivity contribution is 7.47. The molecule has 0 aliphatic rings. The van der Waals surface area contributed by atoms with E-state index in [-0.39, 0.29) is 12.8 Å². The smallest absolute Gasteiger partial charge is 0.472 e. The van der Waals surface area contributed by atoms with Crippen molar-refractivity contribution in [3.8, 4) is 0 Å². The van der Waals surface area contributed by atoms with Gasteiger partial charge < -0.3 is 25.2 Å². The van der Waals surface area contributed by atoms with E-state index in [1.165, 1.54) is 0 Å². The number of aliphatic hydroxyl groups excluding tert-OH is 1. The Labute approximate surface area is 361 Å². The number of nitrogens with one attached hydrogen (secondary N) is 1. The van der Waals surface area contributed by atoms with E-state index >= 15 is 0 Å². The number of aliphatic hydroxyl groups is 1. The number of amides is 1. The van der Waals surface area contributed by atoms with Crippen molar-refractivity contribution in [3.63, 3.8) is 0 Å². The third-order valence-corrected chi connectivity index (χ3v) is 9.51. The summed E-state index contributed by atoms with van der Waals surface area (Å²) in [6, 6.07) is -1.58. The number of phosphoric ester groups is 1. The topological polar surface area (TPSA) is 169 Å². The molecule has 0 saturated heterocycles. The van der Waals surface area contributed by atoms with Crippen LogP contribution in [0.5, 0.6) is 0 Å². The summed E-state index contributed by atoms with van der Waals surface area (Å²) in [5, 5.41) is 21.8. The Kier molecular flexibility index (Phi) is 39.2. The number of esters is 1. The summed E-state index contributed by atoms with van der Waals surface area (Å²) in [7, 11) is -4.78. The van der Waals surface area contributed by atoms with Gasteiger partial charge in [-0.2, -0.15) is 0 Å². The second-order valence-electron chi connectivity index (χ2n) is 14.1. The lowest BCUT2D eigenvalue weighted by Crippen LogP contribution is -2.43. The number of carboxylic acid groups (broad SMARTS) is 1. The van der Waals surface area contributed by atoms with Gasteiger partial charge in [0.1, 0.15) is 12.7 Å². The van der Waals surface area contributed by atoms with Gasteiger partial charge in [-0.25, -0.2) is 9.36 Å². The second kappa shape index (κ2) is 41.9. The third kappa shape index (κ3) is 40.9. The van der Waals surface area contributed by atoms with Gasteiger partial charge >= 0.3 is 19.8 Å². The third-order valence-electron chi connectivity index (χ3n) is 8.56. The second-order valence-corrected chi connectivity index (χ2v) is 15.6. The molecule has 0 spiro atoms. The van der Waals surface area contributed by atoms with Crippen molar-refractivity contribution in [2.24, 2.45) is 0 Å². The van der Waals surface area contributed by atoms with Gasteiger partial charge in [0, 0.05) is 12.8 Å². The van der Waals surface area contributed by atoms with Crippen LogP contribution < -0.4 is 5.32 Å². The predicted octanol–water partition coefficient (Wildman–Crippen LogP) is 11.4. The number of carbonyl (C=O) groups excluding carboxylic acids is 2. The van der Waals surface area contributed by atoms with Gasteiger partial charge in [-0.15, -0.1) is 0 Å². The number of carbonyl (C=O) groups is 3. The van der Waals surface area contributed by atoms with Gasteiger partial charge in [0.2, 0.25) is 5.91 Å². The summed E-state index contributed by atoms with van der Waals surface area (Å²) >= 11 is 0. The number of ether oxygens (including phenoxy) is 1. The first-order valence-electron chi connectivity index (χ1n) is 21.9. The zero-order chi connectivity index (χ0) is 44.2. The highest BCUT2D eigenvalue weighted by Crippen LogP contribution is 2.43. The largest absolute Gasteiger partial charge is 0.480 e. The molecule has 3 unspecified atom stereocenters. The number of carboxylic acids is 1. The molecule has 0 aliphatic carbocycles. The van der Waals surface area contributed by atoms with E-state index < -0.39 is 57.6 Å². The lowest BCUT2D eigenvalue weighted by molar-refractivity contribution is -0.147. The summed E-state index contributed by atoms with van der Waals surface area (Å²) in [6.07, 6.45) is 54.0. The maximum absolute atomic E-state index is 12.3. The number of unbranched alkanes of at least 4 members (excludes halogenated alkanes) is 7. The number of phosphoric acid groups is 1. The van der Waals surface area contributed by atoms with E-state index in [9.17, 15) is 34.1 Å². The van der Waals surface area contributed by atoms with Crippen LogP contribution in [0.2, 0.25) is 0 Å². The van der Waals surface area contributed by atoms with Gasteiger partial charge in [-0.1, -0.05) is 142 Å². The molecule has 0 aromatic rings. The Hall–Kier alpha value is -3.86. The van der Waals surface area contributed by atoms with E-state index in [2.05, 4.69) is 122 Å². The first-order chi connectivity index (χ1) is 29.1. The fourth-order valence-corrected chi connectivity index (χ4v) is 5.99. The standard InChI is InChI=1S/C48H76NO10P/c1-3-5-7-9-11-13-15-17-19-20-21-22-23-24-26-27-29-31-33-35-37-39-46(51)49-45(48(53)54)43-59-60(55,56)58-42-44(50)41-57-47(52)40-38-36-34-32-30-28-25-18-16-14-12-10-8-6-4-2/h5-8,11-14,17-19,21-22,24-26,29,31,44-45,50H,3-4,9-10,15-16,20,23,27-28,30,32-43H2,1-2H3,(H,49,51)(H,53,54)(H,55,56)/b7-5-,8-6-,13-11-,14-12-,19-17-,22-21-,25-18-,26-24-,31-29-. The normalized spacial score (nSPS) is 14.7. The lowest BCUT2D eigenvalue weighted by atomic mass is 10.1. The minimum atomic E-state index is -4.78. The van der Waals surface area contributed by atoms with Crippen LogP contribution in [0.25, 0.3) is 0 Å². The minimum Gasteiger partial charge on any atom is -0.480 e. The minimum absolute atomic E-state index is 0.0822. The molecule has 11 nitrogen and oxygen atoms in total. The molecule has 60 heavy (non-hydrogen) atoms. The quantitative estimate of drug-likeness (QED) is 0.0202. The molecule has 3 atom stereocenters. The van der Waals surface area contributed by atoms with Crippen LogP contribution in [0.1, 0.15) is 142 Å². The average molecular weight is 858 g/mol. The summed E-state index contributed by atoms with van der Waals surface area (Å²) in [5.41, 5.74) is 0. The molecule has 0 radical (unpaired) electrons. The van der Waals surface area contributed by atoms with Crippen molar-refractivity contribution in [1.29, 1.82) is 0 Å². The van der Waals surface area contributed by atoms with Crippen molar-refractivity contribution < 1.29 is 47.8 Å². The van der Waals surface area contributed by atoms with Crippen molar-refractivity contribution in [1.82, 2.24) is 5.32 Å². The molecule has 338 valence electrons. The molecular formula is C48H76NO10P. The molecule has 12 heteroatoms. The van der Waals surface area contributed by atoms with E-state index in [1.807, 2.05) is 6.08 Å². The van der Waals surface area contributed by atoms with Gasteiger partial charge in [-0.3, -0.25) is 18.6 Å². The molecular weight excluding hydrogens is 781 g/mol. The Morgan fingerprint density at radius 2 is 0.917 bits per heavy atom. The maximum Gasteiger partial charge on any atom is 0.472 e. The Balaban J connectivity index is 4.04. The summed E-state index contributed by atoms with van der Waals surface area (Å²) in [6.45, 7) is 2.29.